The molecule has 0 saturated heterocycles. The predicted octanol–water partition coefficient (Wildman–Crippen LogP) is 5.95. The number of carboxylic acid groups (broad SMARTS) is 1. The fraction of sp³-hybridized carbons (Fsp3) is 0.296. The van der Waals surface area contributed by atoms with E-state index in [4.69, 9.17) is 16.7 Å². The van der Waals surface area contributed by atoms with E-state index in [1.54, 1.807) is 25.3 Å². The number of hydrogen-bond donors (Lipinski definition) is 3. The molecule has 3 N–H and O–H groups in total. The first-order chi connectivity index (χ1) is 18.2. The summed E-state index contributed by atoms with van der Waals surface area (Å²) in [6.07, 6.45) is 2.19. The van der Waals surface area contributed by atoms with Crippen LogP contribution in [0.15, 0.2) is 42.6 Å². The van der Waals surface area contributed by atoms with Gasteiger partial charge in [0.25, 0.3) is 0 Å². The maximum Gasteiger partial charge on any atom is 0.334 e. The van der Waals surface area contributed by atoms with Gasteiger partial charge in [-0.05, 0) is 62.7 Å². The minimum absolute atomic E-state index is 0.0675. The molecule has 2 amide bonds. The number of nitrogens with zero attached hydrogens (tertiary/aromatic N) is 3. The van der Waals surface area contributed by atoms with Gasteiger partial charge in [-0.2, -0.15) is 0 Å². The van der Waals surface area contributed by atoms with Crippen molar-refractivity contribution in [3.63, 3.8) is 0 Å². The second-order valence-corrected chi connectivity index (χ2v) is 9.31. The lowest BCUT2D eigenvalue weighted by Crippen LogP contribution is -2.41. The molecule has 1 aromatic heterocycles. The SMILES string of the molecule is CCN1C(=O)N(c2c(F)cc(NCCNCCCC(=O)O)cc2F)c2cc(Cl)ccc2-c2cc(C)cnc21. The minimum Gasteiger partial charge on any atom is -0.481 e. The van der Waals surface area contributed by atoms with Gasteiger partial charge >= 0.3 is 12.0 Å². The first-order valence-corrected chi connectivity index (χ1v) is 12.6. The molecule has 3 aromatic rings. The van der Waals surface area contributed by atoms with Crippen LogP contribution in [-0.4, -0.2) is 48.3 Å². The van der Waals surface area contributed by atoms with Crippen molar-refractivity contribution in [3.8, 4) is 11.1 Å². The van der Waals surface area contributed by atoms with Crippen molar-refractivity contribution >= 4 is 46.5 Å². The second kappa shape index (κ2) is 11.7. The number of aliphatic carboxylic acids is 1. The summed E-state index contributed by atoms with van der Waals surface area (Å²) in [6, 6.07) is 8.38. The van der Waals surface area contributed by atoms with Crippen LogP contribution in [0, 0.1) is 18.6 Å². The van der Waals surface area contributed by atoms with Gasteiger partial charge in [0.2, 0.25) is 0 Å². The summed E-state index contributed by atoms with van der Waals surface area (Å²) in [5.74, 6) is -2.31. The average molecular weight is 544 g/mol. The van der Waals surface area contributed by atoms with E-state index >= 15 is 8.78 Å². The van der Waals surface area contributed by atoms with Crippen molar-refractivity contribution in [2.45, 2.75) is 26.7 Å². The molecule has 200 valence electrons. The third-order valence-corrected chi connectivity index (χ3v) is 6.34. The summed E-state index contributed by atoms with van der Waals surface area (Å²) in [5, 5.41) is 15.0. The lowest BCUT2D eigenvalue weighted by Gasteiger charge is -2.28. The molecule has 0 atom stereocenters. The Balaban J connectivity index is 1.66. The molecule has 0 fully saturated rings. The zero-order chi connectivity index (χ0) is 27.4. The van der Waals surface area contributed by atoms with Crippen molar-refractivity contribution in [1.29, 1.82) is 0 Å². The summed E-state index contributed by atoms with van der Waals surface area (Å²) < 4.78 is 31.1. The number of anilines is 4. The van der Waals surface area contributed by atoms with Crippen LogP contribution in [0.1, 0.15) is 25.3 Å². The molecular weight excluding hydrogens is 516 g/mol. The van der Waals surface area contributed by atoms with Crippen LogP contribution >= 0.6 is 11.6 Å². The topological polar surface area (TPSA) is 97.8 Å². The zero-order valence-electron chi connectivity index (χ0n) is 21.0. The summed E-state index contributed by atoms with van der Waals surface area (Å²) in [4.78, 5) is 31.2. The standard InChI is InChI=1S/C27H28ClF2N5O3/c1-3-34-26-20(11-16(2)15-33-26)19-7-6-17(28)12-23(19)35(27(34)38)25-21(29)13-18(14-22(25)30)32-10-9-31-8-4-5-24(36)37/h6-7,11-15,31-32H,3-5,8-10H2,1-2H3,(H,36,37). The number of carbonyl (C=O) groups excluding carboxylic acids is 1. The quantitative estimate of drug-likeness (QED) is 0.273. The van der Waals surface area contributed by atoms with Crippen molar-refractivity contribution in [3.05, 3.63) is 64.8 Å². The number of hydrogen-bond acceptors (Lipinski definition) is 5. The molecule has 0 aliphatic carbocycles. The molecule has 0 unspecified atom stereocenters. The molecule has 0 spiro atoms. The van der Waals surface area contributed by atoms with E-state index in [-0.39, 0.29) is 24.3 Å². The van der Waals surface area contributed by atoms with Crippen molar-refractivity contribution in [2.75, 3.05) is 41.3 Å². The molecule has 38 heavy (non-hydrogen) atoms. The Morgan fingerprint density at radius 1 is 1.08 bits per heavy atom. The number of urea groups is 1. The van der Waals surface area contributed by atoms with Crippen LogP contribution in [-0.2, 0) is 4.79 Å². The maximum atomic E-state index is 15.6. The van der Waals surface area contributed by atoms with Crippen molar-refractivity contribution < 1.29 is 23.5 Å². The van der Waals surface area contributed by atoms with Crippen LogP contribution in [0.25, 0.3) is 11.1 Å². The van der Waals surface area contributed by atoms with Gasteiger partial charge in [-0.15, -0.1) is 0 Å². The van der Waals surface area contributed by atoms with E-state index in [9.17, 15) is 9.59 Å². The highest BCUT2D eigenvalue weighted by Crippen LogP contribution is 2.45. The Morgan fingerprint density at radius 3 is 2.50 bits per heavy atom. The highest BCUT2D eigenvalue weighted by Gasteiger charge is 2.36. The van der Waals surface area contributed by atoms with Crippen molar-refractivity contribution in [2.24, 2.45) is 0 Å². The van der Waals surface area contributed by atoms with Gasteiger partial charge in [0, 0.05) is 54.1 Å². The number of aromatic nitrogens is 1. The number of nitrogens with one attached hydrogen (secondary N) is 2. The molecule has 4 rings (SSSR count). The summed E-state index contributed by atoms with van der Waals surface area (Å²) in [6.45, 7) is 5.20. The summed E-state index contributed by atoms with van der Waals surface area (Å²) in [7, 11) is 0. The molecule has 0 saturated carbocycles. The Bertz CT molecular complexity index is 1350. The zero-order valence-corrected chi connectivity index (χ0v) is 21.8. The highest BCUT2D eigenvalue weighted by atomic mass is 35.5. The lowest BCUT2D eigenvalue weighted by molar-refractivity contribution is -0.137. The predicted molar refractivity (Wildman–Crippen MR) is 145 cm³/mol. The summed E-state index contributed by atoms with van der Waals surface area (Å²) in [5.41, 5.74) is 2.03. The van der Waals surface area contributed by atoms with Crippen LogP contribution < -0.4 is 20.4 Å². The molecular formula is C27H28ClF2N5O3. The number of aryl methyl sites for hydroxylation is 1. The van der Waals surface area contributed by atoms with Crippen LogP contribution in [0.5, 0.6) is 0 Å². The van der Waals surface area contributed by atoms with Crippen LogP contribution in [0.4, 0.5) is 36.5 Å². The number of amides is 2. The number of rotatable bonds is 10. The Kier molecular flexibility index (Phi) is 8.43. The van der Waals surface area contributed by atoms with Crippen molar-refractivity contribution in [1.82, 2.24) is 10.3 Å². The summed E-state index contributed by atoms with van der Waals surface area (Å²) >= 11 is 6.28. The minimum atomic E-state index is -0.924. The normalized spacial score (nSPS) is 12.7. The van der Waals surface area contributed by atoms with E-state index in [2.05, 4.69) is 15.6 Å². The van der Waals surface area contributed by atoms with Gasteiger partial charge in [-0.1, -0.05) is 17.7 Å². The number of carbonyl (C=O) groups is 2. The number of fused-ring (bicyclic) bond motifs is 3. The monoisotopic (exact) mass is 543 g/mol. The van der Waals surface area contributed by atoms with Gasteiger partial charge < -0.3 is 15.7 Å². The van der Waals surface area contributed by atoms with Crippen LogP contribution in [0.2, 0.25) is 5.02 Å². The molecule has 1 aliphatic heterocycles. The fourth-order valence-electron chi connectivity index (χ4n) is 4.37. The number of pyridine rings is 1. The molecule has 11 heteroatoms. The number of halogens is 3. The first kappa shape index (κ1) is 27.3. The third kappa shape index (κ3) is 5.71. The maximum absolute atomic E-state index is 15.6. The first-order valence-electron chi connectivity index (χ1n) is 12.2. The molecule has 0 bridgehead atoms. The second-order valence-electron chi connectivity index (χ2n) is 8.87. The van der Waals surface area contributed by atoms with Crippen LogP contribution in [0.3, 0.4) is 0 Å². The molecule has 2 aromatic carbocycles. The van der Waals surface area contributed by atoms with Gasteiger partial charge in [0.1, 0.15) is 11.5 Å². The van der Waals surface area contributed by atoms with Gasteiger partial charge in [0.05, 0.1) is 5.69 Å². The van der Waals surface area contributed by atoms with E-state index in [0.29, 0.717) is 48.0 Å². The fourth-order valence-corrected chi connectivity index (χ4v) is 4.54. The highest BCUT2D eigenvalue weighted by molar-refractivity contribution is 6.31. The van der Waals surface area contributed by atoms with E-state index in [1.807, 2.05) is 13.0 Å². The lowest BCUT2D eigenvalue weighted by atomic mass is 10.0. The Morgan fingerprint density at radius 2 is 1.82 bits per heavy atom. The molecule has 0 radical (unpaired) electrons. The van der Waals surface area contributed by atoms with E-state index < -0.39 is 29.3 Å². The van der Waals surface area contributed by atoms with Gasteiger partial charge in [-0.3, -0.25) is 14.6 Å². The Labute approximate surface area is 224 Å². The van der Waals surface area contributed by atoms with Gasteiger partial charge in [0.15, 0.2) is 11.6 Å². The van der Waals surface area contributed by atoms with Gasteiger partial charge in [-0.25, -0.2) is 18.6 Å². The molecule has 8 nitrogen and oxygen atoms in total. The Hall–Kier alpha value is -3.76. The largest absolute Gasteiger partial charge is 0.481 e. The average Bonchev–Trinajstić information content (AvgIpc) is 2.95. The number of benzene rings is 2. The van der Waals surface area contributed by atoms with E-state index in [1.165, 1.54) is 11.0 Å². The third-order valence-electron chi connectivity index (χ3n) is 6.10. The smallest absolute Gasteiger partial charge is 0.334 e. The molecule has 2 heterocycles. The van der Waals surface area contributed by atoms with E-state index in [0.717, 1.165) is 22.6 Å². The number of carboxylic acids is 1. The molecule has 1 aliphatic rings.